The number of carbonyl (C=O) groups is 2. The molecule has 3 unspecified atom stereocenters. The average Bonchev–Trinajstić information content (AvgIpc) is 3.69. The zero-order valence-electron chi connectivity index (χ0n) is 27.7. The van der Waals surface area contributed by atoms with E-state index in [4.69, 9.17) is 23.9 Å². The minimum atomic E-state index is -1.24. The molecule has 9 heteroatoms. The molecule has 0 aromatic carbocycles. The molecule has 5 rings (SSSR count). The first kappa shape index (κ1) is 33.1. The van der Waals surface area contributed by atoms with Gasteiger partial charge in [-0.15, -0.1) is 11.3 Å². The largest absolute Gasteiger partial charge is 0.498 e. The molecule has 3 aliphatic carbocycles. The maximum Gasteiger partial charge on any atom is 0.306 e. The van der Waals surface area contributed by atoms with E-state index >= 15 is 0 Å². The summed E-state index contributed by atoms with van der Waals surface area (Å²) in [6.07, 6.45) is 6.72. The maximum absolute atomic E-state index is 14.1. The fraction of sp³-hybridized carbons (Fsp3) is 0.743. The number of nitrogens with zero attached hydrogens (tertiary/aromatic N) is 1. The Labute approximate surface area is 266 Å². The summed E-state index contributed by atoms with van der Waals surface area (Å²) in [4.78, 5) is 34.1. The number of esters is 1. The Kier molecular flexibility index (Phi) is 9.98. The molecule has 2 fully saturated rings. The van der Waals surface area contributed by atoms with Gasteiger partial charge in [-0.05, 0) is 62.9 Å². The van der Waals surface area contributed by atoms with Crippen molar-refractivity contribution in [1.82, 2.24) is 4.98 Å². The topological polar surface area (TPSA) is 104 Å². The van der Waals surface area contributed by atoms with Crippen LogP contribution in [0.2, 0.25) is 0 Å². The fourth-order valence-electron chi connectivity index (χ4n) is 7.95. The summed E-state index contributed by atoms with van der Waals surface area (Å²) in [6, 6.07) is 0. The monoisotopic (exact) mass is 629 g/mol. The van der Waals surface area contributed by atoms with Gasteiger partial charge in [-0.2, -0.15) is 0 Å². The summed E-state index contributed by atoms with van der Waals surface area (Å²) in [5, 5.41) is 12.0. The van der Waals surface area contributed by atoms with Crippen LogP contribution in [0, 0.1) is 23.7 Å². The summed E-state index contributed by atoms with van der Waals surface area (Å²) < 4.78 is 23.0. The van der Waals surface area contributed by atoms with Gasteiger partial charge in [0.1, 0.15) is 11.9 Å². The number of methoxy groups -OCH3 is 2. The number of thiazole rings is 1. The molecule has 244 valence electrons. The standard InChI is InChI=1S/C35H51NO7S/c1-9-20-13-11-10-12-18(2)30(38)25-16-23-22-14-21(43-33(39)31(41-8)19(3)40-7)15-26(22)32-29(36-34(44-32)35(4,5)6)28(23)24(25)17-27(37)42-20/h16,18,20-24,26,28,33,39H,9-15,17H2,1-8H3/b31-19+/t18-,20+,21+,22+,23?,24-,26?,28-,33?/m1/s1. The lowest BCUT2D eigenvalue weighted by Crippen LogP contribution is -2.32. The molecule has 1 aromatic rings. The van der Waals surface area contributed by atoms with Crippen LogP contribution in [0.4, 0.5) is 0 Å². The van der Waals surface area contributed by atoms with E-state index in [0.29, 0.717) is 5.76 Å². The van der Waals surface area contributed by atoms with Crippen LogP contribution in [0.25, 0.3) is 0 Å². The van der Waals surface area contributed by atoms with Crippen LogP contribution in [0.1, 0.15) is 120 Å². The predicted molar refractivity (Wildman–Crippen MR) is 169 cm³/mol. The Morgan fingerprint density at radius 1 is 1.14 bits per heavy atom. The van der Waals surface area contributed by atoms with Crippen molar-refractivity contribution in [3.05, 3.63) is 38.7 Å². The van der Waals surface area contributed by atoms with Gasteiger partial charge >= 0.3 is 5.97 Å². The van der Waals surface area contributed by atoms with Gasteiger partial charge in [0.15, 0.2) is 11.5 Å². The molecule has 1 saturated carbocycles. The summed E-state index contributed by atoms with van der Waals surface area (Å²) in [5.41, 5.74) is 1.70. The van der Waals surface area contributed by atoms with Crippen molar-refractivity contribution in [3.8, 4) is 0 Å². The Balaban J connectivity index is 1.54. The number of ketones is 1. The highest BCUT2D eigenvalue weighted by atomic mass is 32.1. The first-order valence-corrected chi connectivity index (χ1v) is 17.3. The highest BCUT2D eigenvalue weighted by molar-refractivity contribution is 7.12. The van der Waals surface area contributed by atoms with E-state index in [9.17, 15) is 14.7 Å². The lowest BCUT2D eigenvalue weighted by Gasteiger charge is -2.37. The smallest absolute Gasteiger partial charge is 0.306 e. The lowest BCUT2D eigenvalue weighted by molar-refractivity contribution is -0.150. The van der Waals surface area contributed by atoms with E-state index in [1.807, 2.05) is 6.92 Å². The molecule has 0 spiro atoms. The van der Waals surface area contributed by atoms with Gasteiger partial charge in [0.25, 0.3) is 0 Å². The second-order valence-corrected chi connectivity index (χ2v) is 15.3. The summed E-state index contributed by atoms with van der Waals surface area (Å²) in [5.74, 6) is 0.727. The van der Waals surface area contributed by atoms with Crippen LogP contribution in [0.3, 0.4) is 0 Å². The molecule has 9 atom stereocenters. The van der Waals surface area contributed by atoms with Crippen molar-refractivity contribution >= 4 is 23.1 Å². The summed E-state index contributed by atoms with van der Waals surface area (Å²) >= 11 is 1.77. The molecule has 44 heavy (non-hydrogen) atoms. The zero-order chi connectivity index (χ0) is 31.9. The molecular weight excluding hydrogens is 578 g/mol. The van der Waals surface area contributed by atoms with Crippen molar-refractivity contribution < 1.29 is 33.6 Å². The van der Waals surface area contributed by atoms with Crippen LogP contribution >= 0.6 is 11.3 Å². The number of aliphatic hydroxyl groups is 1. The van der Waals surface area contributed by atoms with Gasteiger partial charge in [-0.1, -0.05) is 47.1 Å². The van der Waals surface area contributed by atoms with E-state index in [1.165, 1.54) is 19.1 Å². The third kappa shape index (κ3) is 6.38. The molecule has 1 aromatic heterocycles. The first-order chi connectivity index (χ1) is 20.9. The van der Waals surface area contributed by atoms with Crippen LogP contribution in [0.15, 0.2) is 23.2 Å². The van der Waals surface area contributed by atoms with Gasteiger partial charge in [-0.3, -0.25) is 9.59 Å². The first-order valence-electron chi connectivity index (χ1n) is 16.5. The Morgan fingerprint density at radius 2 is 1.86 bits per heavy atom. The highest BCUT2D eigenvalue weighted by Crippen LogP contribution is 2.62. The van der Waals surface area contributed by atoms with Crippen LogP contribution in [0.5, 0.6) is 0 Å². The van der Waals surface area contributed by atoms with Crippen molar-refractivity contribution in [2.24, 2.45) is 23.7 Å². The van der Waals surface area contributed by atoms with Crippen LogP contribution in [-0.4, -0.2) is 54.6 Å². The molecule has 8 nitrogen and oxygen atoms in total. The average molecular weight is 630 g/mol. The van der Waals surface area contributed by atoms with Gasteiger partial charge < -0.3 is 24.1 Å². The maximum atomic E-state index is 14.1. The van der Waals surface area contributed by atoms with Gasteiger partial charge in [0.05, 0.1) is 37.4 Å². The normalized spacial score (nSPS) is 33.8. The summed E-state index contributed by atoms with van der Waals surface area (Å²) in [6.45, 7) is 12.4. The molecule has 4 aliphatic rings. The molecule has 1 N–H and O–H groups in total. The third-order valence-corrected chi connectivity index (χ3v) is 12.0. The predicted octanol–water partition coefficient (Wildman–Crippen LogP) is 6.92. The quantitative estimate of drug-likeness (QED) is 0.205. The Morgan fingerprint density at radius 3 is 2.52 bits per heavy atom. The number of rotatable bonds is 6. The van der Waals surface area contributed by atoms with Crippen molar-refractivity contribution in [3.63, 3.8) is 0 Å². The van der Waals surface area contributed by atoms with E-state index in [2.05, 4.69) is 33.8 Å². The molecule has 1 aliphatic heterocycles. The number of allylic oxidation sites excluding steroid dienone is 3. The number of fused-ring (bicyclic) bond motifs is 8. The molecule has 0 amide bonds. The Hall–Kier alpha value is -2.23. The number of carbonyl (C=O) groups excluding carboxylic acids is 2. The van der Waals surface area contributed by atoms with E-state index in [-0.39, 0.29) is 77.1 Å². The van der Waals surface area contributed by atoms with E-state index in [1.54, 1.807) is 18.3 Å². The number of cyclic esters (lactones) is 1. The second kappa shape index (κ2) is 13.2. The number of ether oxygens (including phenoxy) is 4. The number of hydrogen-bond acceptors (Lipinski definition) is 9. The van der Waals surface area contributed by atoms with Gasteiger partial charge in [0.2, 0.25) is 6.29 Å². The molecule has 0 bridgehead atoms. The Bertz CT molecular complexity index is 1290. The number of hydrogen-bond donors (Lipinski definition) is 1. The van der Waals surface area contributed by atoms with Crippen molar-refractivity contribution in [2.45, 2.75) is 129 Å². The lowest BCUT2D eigenvalue weighted by atomic mass is 9.67. The number of aliphatic hydroxyl groups excluding tert-OH is 1. The molecule has 0 radical (unpaired) electrons. The SMILES string of the molecule is CC[C@H]1CCCC[C@@H](C)C(=O)C2=CC3[C@@H]4C[C@H](OC(O)/C(OC)=C(/C)OC)CC4c4sc(C(C)(C)C)nc4[C@H]3[C@@H]2CC(=O)O1. The molecule has 2 heterocycles. The van der Waals surface area contributed by atoms with E-state index in [0.717, 1.165) is 61.2 Å². The zero-order valence-corrected chi connectivity index (χ0v) is 28.5. The molecule has 1 saturated heterocycles. The molecular formula is C35H51NO7S. The number of Topliss-reactive ketones (excluding diaryl/α,β-unsaturated/α-hetero) is 1. The second-order valence-electron chi connectivity index (χ2n) is 14.3. The fourth-order valence-corrected chi connectivity index (χ4v) is 9.32. The van der Waals surface area contributed by atoms with E-state index < -0.39 is 6.29 Å². The minimum Gasteiger partial charge on any atom is -0.498 e. The van der Waals surface area contributed by atoms with Gasteiger partial charge in [-0.25, -0.2) is 4.98 Å². The van der Waals surface area contributed by atoms with Crippen molar-refractivity contribution in [1.29, 1.82) is 0 Å². The minimum absolute atomic E-state index is 0.0577. The number of aromatic nitrogens is 1. The summed E-state index contributed by atoms with van der Waals surface area (Å²) in [7, 11) is 3.04. The van der Waals surface area contributed by atoms with Crippen LogP contribution in [-0.2, 0) is 34.0 Å². The third-order valence-electron chi connectivity index (χ3n) is 10.4. The van der Waals surface area contributed by atoms with Gasteiger partial charge in [0, 0.05) is 34.0 Å². The van der Waals surface area contributed by atoms with Crippen molar-refractivity contribution in [2.75, 3.05) is 14.2 Å². The van der Waals surface area contributed by atoms with Crippen LogP contribution < -0.4 is 0 Å². The highest BCUT2D eigenvalue weighted by Gasteiger charge is 2.56.